The van der Waals surface area contributed by atoms with Gasteiger partial charge in [0.1, 0.15) is 17.5 Å². The van der Waals surface area contributed by atoms with Gasteiger partial charge in [-0.1, -0.05) is 0 Å². The van der Waals surface area contributed by atoms with Crippen molar-refractivity contribution in [1.29, 1.82) is 0 Å². The number of hydrogen-bond donors (Lipinski definition) is 2. The van der Waals surface area contributed by atoms with Crippen molar-refractivity contribution in [2.45, 2.75) is 82.5 Å². The molecule has 6 amide bonds. The largest absolute Gasteiger partial charge is 0.496 e. The fraction of sp³-hybridized carbons (Fsp3) is 0.532. The number of ether oxygens (including phenoxy) is 2. The third-order valence-corrected chi connectivity index (χ3v) is 14.8. The topological polar surface area (TPSA) is 166 Å². The first kappa shape index (κ1) is 42.6. The summed E-state index contributed by atoms with van der Waals surface area (Å²) in [5.41, 5.74) is 6.01. The Labute approximate surface area is 367 Å². The zero-order valence-electron chi connectivity index (χ0n) is 36.8. The minimum atomic E-state index is -0.972. The highest BCUT2D eigenvalue weighted by molar-refractivity contribution is 6.23. The Kier molecular flexibility index (Phi) is 11.5. The molecule has 9 rings (SSSR count). The number of piperidine rings is 2. The van der Waals surface area contributed by atoms with Gasteiger partial charge in [-0.05, 0) is 105 Å². The molecule has 2 N–H and O–H groups in total. The second-order valence-electron chi connectivity index (χ2n) is 18.2. The molecule has 1 aliphatic carbocycles. The van der Waals surface area contributed by atoms with E-state index in [0.29, 0.717) is 42.1 Å². The lowest BCUT2D eigenvalue weighted by Gasteiger charge is -2.56. The van der Waals surface area contributed by atoms with E-state index in [9.17, 15) is 28.8 Å². The number of fused-ring (bicyclic) bond motifs is 2. The number of imide groups is 2. The molecule has 16 nitrogen and oxygen atoms in total. The Balaban J connectivity index is 0.821. The summed E-state index contributed by atoms with van der Waals surface area (Å²) in [6.07, 6.45) is 9.43. The highest BCUT2D eigenvalue weighted by atomic mass is 16.5. The second kappa shape index (κ2) is 17.1. The van der Waals surface area contributed by atoms with E-state index in [4.69, 9.17) is 9.47 Å². The van der Waals surface area contributed by atoms with Gasteiger partial charge in [0, 0.05) is 94.9 Å². The summed E-state index contributed by atoms with van der Waals surface area (Å²) < 4.78 is 13.8. The van der Waals surface area contributed by atoms with Crippen molar-refractivity contribution in [3.63, 3.8) is 0 Å². The molecule has 1 saturated carbocycles. The summed E-state index contributed by atoms with van der Waals surface area (Å²) in [5, 5.41) is 4.94. The second-order valence-corrected chi connectivity index (χ2v) is 18.2. The zero-order chi connectivity index (χ0) is 44.2. The first-order chi connectivity index (χ1) is 30.4. The normalized spacial score (nSPS) is 21.6. The van der Waals surface area contributed by atoms with Gasteiger partial charge in [-0.25, -0.2) is 4.79 Å². The number of amides is 6. The van der Waals surface area contributed by atoms with Crippen LogP contribution in [0.3, 0.4) is 0 Å². The summed E-state index contributed by atoms with van der Waals surface area (Å²) in [6, 6.07) is 8.37. The Morgan fingerprint density at radius 3 is 2.25 bits per heavy atom. The van der Waals surface area contributed by atoms with Gasteiger partial charge in [0.2, 0.25) is 11.8 Å². The highest BCUT2D eigenvalue weighted by Gasteiger charge is 2.47. The van der Waals surface area contributed by atoms with Crippen LogP contribution in [0.1, 0.15) is 88.8 Å². The van der Waals surface area contributed by atoms with E-state index < -0.39 is 23.8 Å². The van der Waals surface area contributed by atoms with E-state index in [1.165, 1.54) is 6.42 Å². The summed E-state index contributed by atoms with van der Waals surface area (Å²) in [7, 11) is 6.76. The van der Waals surface area contributed by atoms with Crippen LogP contribution in [0.25, 0.3) is 11.1 Å². The number of rotatable bonds is 10. The lowest BCUT2D eigenvalue weighted by molar-refractivity contribution is -0.136. The standard InChI is InChI=1S/C47H58N8O8/c1-48-46(61)53-19-13-32-35(25-50(2)43(58)36(32)26-53)30-22-39(62-3)37(40(23-30)63-4)27-54-21-20-51(28-47(54)14-5-15-47)16-10-29-11-17-52(18-12-29)31-6-7-33-34(24-31)45(60)55(44(33)59)38-8-9-41(56)49-42(38)57/h6-7,22-25,29,38H,5,8-21,26-28H2,1-4H3,(H,48,61)(H,49,56,57). The number of nitrogens with zero attached hydrogens (tertiary/aromatic N) is 6. The molecule has 4 fully saturated rings. The molecule has 3 aromatic rings. The number of urea groups is 1. The molecule has 0 radical (unpaired) electrons. The predicted octanol–water partition coefficient (Wildman–Crippen LogP) is 3.52. The quantitative estimate of drug-likeness (QED) is 0.287. The number of aryl methyl sites for hydroxylation is 1. The predicted molar refractivity (Wildman–Crippen MR) is 235 cm³/mol. The van der Waals surface area contributed by atoms with Crippen LogP contribution in [0.4, 0.5) is 10.5 Å². The number of carbonyl (C=O) groups excluding carboxylic acids is 5. The summed E-state index contributed by atoms with van der Waals surface area (Å²) in [6.45, 7) is 7.24. The van der Waals surface area contributed by atoms with Gasteiger partial charge < -0.3 is 34.1 Å². The lowest BCUT2D eigenvalue weighted by Crippen LogP contribution is -2.65. The van der Waals surface area contributed by atoms with Gasteiger partial charge >= 0.3 is 6.03 Å². The van der Waals surface area contributed by atoms with E-state index in [0.717, 1.165) is 116 Å². The van der Waals surface area contributed by atoms with Crippen LogP contribution in [-0.2, 0) is 36.1 Å². The molecule has 1 spiro atoms. The molecule has 0 bridgehead atoms. The van der Waals surface area contributed by atoms with E-state index >= 15 is 0 Å². The van der Waals surface area contributed by atoms with Crippen molar-refractivity contribution in [3.8, 4) is 22.6 Å². The van der Waals surface area contributed by atoms with Crippen LogP contribution in [0.5, 0.6) is 11.5 Å². The molecule has 3 saturated heterocycles. The third-order valence-electron chi connectivity index (χ3n) is 14.8. The van der Waals surface area contributed by atoms with Crippen LogP contribution in [0.15, 0.2) is 41.3 Å². The van der Waals surface area contributed by atoms with Crippen LogP contribution in [-0.4, -0.2) is 132 Å². The number of nitrogens with one attached hydrogen (secondary N) is 2. The van der Waals surface area contributed by atoms with Crippen molar-refractivity contribution < 1.29 is 33.4 Å². The average molecular weight is 863 g/mol. The molecule has 6 aliphatic rings. The van der Waals surface area contributed by atoms with Crippen molar-refractivity contribution in [3.05, 3.63) is 74.7 Å². The molecule has 2 aromatic carbocycles. The van der Waals surface area contributed by atoms with E-state index in [-0.39, 0.29) is 42.4 Å². The van der Waals surface area contributed by atoms with Gasteiger partial charge in [-0.2, -0.15) is 0 Å². The number of carbonyl (C=O) groups is 5. The summed E-state index contributed by atoms with van der Waals surface area (Å²) in [5.74, 6) is 0.159. The van der Waals surface area contributed by atoms with Crippen molar-refractivity contribution in [2.24, 2.45) is 13.0 Å². The smallest absolute Gasteiger partial charge is 0.317 e. The number of benzene rings is 2. The monoisotopic (exact) mass is 862 g/mol. The van der Waals surface area contributed by atoms with Gasteiger partial charge in [-0.15, -0.1) is 0 Å². The van der Waals surface area contributed by atoms with Crippen LogP contribution < -0.4 is 30.6 Å². The van der Waals surface area contributed by atoms with Gasteiger partial charge in [0.05, 0.1) is 37.5 Å². The third kappa shape index (κ3) is 7.74. The average Bonchev–Trinajstić information content (AvgIpc) is 3.53. The van der Waals surface area contributed by atoms with Crippen molar-refractivity contribution in [2.75, 3.05) is 72.0 Å². The van der Waals surface area contributed by atoms with E-state index in [2.05, 4.69) is 37.5 Å². The van der Waals surface area contributed by atoms with Gasteiger partial charge in [-0.3, -0.25) is 39.1 Å². The first-order valence-electron chi connectivity index (χ1n) is 22.4. The Hall–Kier alpha value is -5.74. The number of pyridine rings is 1. The maximum Gasteiger partial charge on any atom is 0.317 e. The van der Waals surface area contributed by atoms with Crippen molar-refractivity contribution in [1.82, 2.24) is 34.8 Å². The lowest BCUT2D eigenvalue weighted by atomic mass is 9.73. The van der Waals surface area contributed by atoms with E-state index in [1.807, 2.05) is 12.3 Å². The molecular weight excluding hydrogens is 805 g/mol. The number of aromatic nitrogens is 1. The number of anilines is 1. The number of methoxy groups -OCH3 is 2. The van der Waals surface area contributed by atoms with Crippen molar-refractivity contribution >= 4 is 35.3 Å². The first-order valence-corrected chi connectivity index (χ1v) is 22.4. The summed E-state index contributed by atoms with van der Waals surface area (Å²) in [4.78, 5) is 86.9. The Morgan fingerprint density at radius 2 is 1.59 bits per heavy atom. The molecule has 5 aliphatic heterocycles. The molecular formula is C47H58N8O8. The highest BCUT2D eigenvalue weighted by Crippen LogP contribution is 2.45. The Bertz CT molecular complexity index is 2390. The molecule has 63 heavy (non-hydrogen) atoms. The molecule has 16 heteroatoms. The fourth-order valence-electron chi connectivity index (χ4n) is 11.0. The maximum absolute atomic E-state index is 13.4. The van der Waals surface area contributed by atoms with Gasteiger partial charge in [0.25, 0.3) is 17.4 Å². The van der Waals surface area contributed by atoms with E-state index in [1.54, 1.807) is 49.9 Å². The van der Waals surface area contributed by atoms with Crippen LogP contribution >= 0.6 is 0 Å². The molecule has 1 aromatic heterocycles. The number of piperazine rings is 1. The minimum Gasteiger partial charge on any atom is -0.496 e. The van der Waals surface area contributed by atoms with Crippen LogP contribution in [0.2, 0.25) is 0 Å². The zero-order valence-corrected chi connectivity index (χ0v) is 36.8. The maximum atomic E-state index is 13.4. The molecule has 334 valence electrons. The van der Waals surface area contributed by atoms with Gasteiger partial charge in [0.15, 0.2) is 0 Å². The Morgan fingerprint density at radius 1 is 0.857 bits per heavy atom. The molecule has 1 unspecified atom stereocenters. The molecule has 1 atom stereocenters. The van der Waals surface area contributed by atoms with Crippen LogP contribution in [0, 0.1) is 5.92 Å². The SMILES string of the molecule is CNC(=O)N1CCc2c(-c3cc(OC)c(CN4CCN(CCC5CCN(c6ccc7c(c6)C(=O)N(C6CCC(=O)NC6=O)C7=O)CC5)CC45CCC5)c(OC)c3)cn(C)c(=O)c2C1. The minimum absolute atomic E-state index is 0.0935. The molecule has 6 heterocycles. The fourth-order valence-corrected chi connectivity index (χ4v) is 11.0. The summed E-state index contributed by atoms with van der Waals surface area (Å²) >= 11 is 0. The number of hydrogen-bond acceptors (Lipinski definition) is 11.